The summed E-state index contributed by atoms with van der Waals surface area (Å²) in [4.78, 5) is 27.3. The van der Waals surface area contributed by atoms with E-state index in [2.05, 4.69) is 15.0 Å². The van der Waals surface area contributed by atoms with Crippen molar-refractivity contribution in [1.82, 2.24) is 19.9 Å². The monoisotopic (exact) mass is 412 g/mol. The van der Waals surface area contributed by atoms with Crippen LogP contribution in [0.1, 0.15) is 40.4 Å². The number of likely N-dealkylation sites (tertiary alicyclic amines) is 1. The van der Waals surface area contributed by atoms with Gasteiger partial charge in [-0.05, 0) is 37.1 Å². The van der Waals surface area contributed by atoms with Crippen LogP contribution in [0.2, 0.25) is 0 Å². The predicted molar refractivity (Wildman–Crippen MR) is 105 cm³/mol. The van der Waals surface area contributed by atoms with Gasteiger partial charge in [0.1, 0.15) is 0 Å². The SMILES string of the molecule is O=C(c1ccncc1)N1CCCC(c2nccnc2-c2cccc(C(F)(F)F)c2)C1. The Bertz CT molecular complexity index is 1040. The molecule has 5 nitrogen and oxygen atoms in total. The van der Waals surface area contributed by atoms with Gasteiger partial charge in [0.25, 0.3) is 5.91 Å². The van der Waals surface area contributed by atoms with E-state index in [1.54, 1.807) is 35.5 Å². The molecule has 1 unspecified atom stereocenters. The first-order chi connectivity index (χ1) is 14.4. The van der Waals surface area contributed by atoms with E-state index in [4.69, 9.17) is 0 Å². The molecule has 0 saturated carbocycles. The summed E-state index contributed by atoms with van der Waals surface area (Å²) in [7, 11) is 0. The van der Waals surface area contributed by atoms with E-state index in [9.17, 15) is 18.0 Å². The Morgan fingerprint density at radius 1 is 1.03 bits per heavy atom. The maximum atomic E-state index is 13.2. The molecule has 0 N–H and O–H groups in total. The van der Waals surface area contributed by atoms with Gasteiger partial charge in [0.15, 0.2) is 0 Å². The van der Waals surface area contributed by atoms with E-state index in [1.807, 2.05) is 0 Å². The van der Waals surface area contributed by atoms with Gasteiger partial charge in [-0.15, -0.1) is 0 Å². The molecule has 1 saturated heterocycles. The Morgan fingerprint density at radius 2 is 1.80 bits per heavy atom. The third-order valence-corrected chi connectivity index (χ3v) is 5.21. The fourth-order valence-corrected chi connectivity index (χ4v) is 3.77. The van der Waals surface area contributed by atoms with Crippen molar-refractivity contribution in [2.45, 2.75) is 24.9 Å². The Balaban J connectivity index is 1.63. The Hall–Kier alpha value is -3.29. The second kappa shape index (κ2) is 8.22. The molecule has 1 amide bonds. The van der Waals surface area contributed by atoms with Crippen LogP contribution in [0.5, 0.6) is 0 Å². The number of amides is 1. The summed E-state index contributed by atoms with van der Waals surface area (Å²) in [6.45, 7) is 1.06. The molecule has 8 heteroatoms. The Morgan fingerprint density at radius 3 is 2.57 bits per heavy atom. The molecule has 0 spiro atoms. The summed E-state index contributed by atoms with van der Waals surface area (Å²) < 4.78 is 39.5. The summed E-state index contributed by atoms with van der Waals surface area (Å²) in [6, 6.07) is 8.44. The molecule has 1 fully saturated rings. The first kappa shape index (κ1) is 20.0. The zero-order chi connectivity index (χ0) is 21.1. The standard InChI is InChI=1S/C22H19F3N4O/c23-22(24,25)18-5-1-3-16(13-18)19-20(28-11-10-27-19)17-4-2-12-29(14-17)21(30)15-6-8-26-9-7-15/h1,3,5-11,13,17H,2,4,12,14H2. The molecule has 0 radical (unpaired) electrons. The van der Waals surface area contributed by atoms with Crippen molar-refractivity contribution in [2.24, 2.45) is 0 Å². The average Bonchev–Trinajstić information content (AvgIpc) is 2.79. The molecule has 2 aromatic heterocycles. The topological polar surface area (TPSA) is 59.0 Å². The van der Waals surface area contributed by atoms with E-state index >= 15 is 0 Å². The molecule has 3 heterocycles. The minimum absolute atomic E-state index is 0.0911. The van der Waals surface area contributed by atoms with Crippen molar-refractivity contribution in [3.8, 4) is 11.3 Å². The first-order valence-corrected chi connectivity index (χ1v) is 9.61. The second-order valence-corrected chi connectivity index (χ2v) is 7.19. The van der Waals surface area contributed by atoms with Crippen molar-refractivity contribution in [3.05, 3.63) is 78.0 Å². The van der Waals surface area contributed by atoms with Gasteiger partial charge in [-0.25, -0.2) is 0 Å². The lowest BCUT2D eigenvalue weighted by molar-refractivity contribution is -0.137. The fraction of sp³-hybridized carbons (Fsp3) is 0.273. The summed E-state index contributed by atoms with van der Waals surface area (Å²) in [5, 5.41) is 0. The minimum atomic E-state index is -4.43. The third-order valence-electron chi connectivity index (χ3n) is 5.21. The number of carbonyl (C=O) groups is 1. The second-order valence-electron chi connectivity index (χ2n) is 7.19. The van der Waals surface area contributed by atoms with E-state index < -0.39 is 11.7 Å². The van der Waals surface area contributed by atoms with Crippen molar-refractivity contribution >= 4 is 5.91 Å². The van der Waals surface area contributed by atoms with Gasteiger partial charge in [-0.2, -0.15) is 13.2 Å². The lowest BCUT2D eigenvalue weighted by atomic mass is 9.91. The maximum absolute atomic E-state index is 13.2. The van der Waals surface area contributed by atoms with Crippen molar-refractivity contribution in [3.63, 3.8) is 0 Å². The number of nitrogens with zero attached hydrogens (tertiary/aromatic N) is 4. The summed E-state index contributed by atoms with van der Waals surface area (Å²) >= 11 is 0. The van der Waals surface area contributed by atoms with Gasteiger partial charge in [0.2, 0.25) is 0 Å². The highest BCUT2D eigenvalue weighted by atomic mass is 19.4. The van der Waals surface area contributed by atoms with Crippen LogP contribution in [-0.4, -0.2) is 38.8 Å². The van der Waals surface area contributed by atoms with Crippen molar-refractivity contribution in [2.75, 3.05) is 13.1 Å². The van der Waals surface area contributed by atoms with Crippen LogP contribution in [0, 0.1) is 0 Å². The number of aromatic nitrogens is 3. The fourth-order valence-electron chi connectivity index (χ4n) is 3.77. The molecule has 1 atom stereocenters. The molecular formula is C22H19F3N4O. The number of piperidine rings is 1. The quantitative estimate of drug-likeness (QED) is 0.632. The molecule has 154 valence electrons. The molecule has 1 aliphatic heterocycles. The number of hydrogen-bond acceptors (Lipinski definition) is 4. The number of halogens is 3. The van der Waals surface area contributed by atoms with Crippen LogP contribution in [0.25, 0.3) is 11.3 Å². The number of rotatable bonds is 3. The van der Waals surface area contributed by atoms with Gasteiger partial charge >= 0.3 is 6.18 Å². The summed E-state index contributed by atoms with van der Waals surface area (Å²) in [5.41, 5.74) is 1.24. The van der Waals surface area contributed by atoms with Crippen LogP contribution < -0.4 is 0 Å². The average molecular weight is 412 g/mol. The molecule has 1 aromatic carbocycles. The van der Waals surface area contributed by atoms with Gasteiger partial charge in [-0.3, -0.25) is 19.7 Å². The third kappa shape index (κ3) is 4.17. The molecular weight excluding hydrogens is 393 g/mol. The molecule has 1 aliphatic rings. The van der Waals surface area contributed by atoms with E-state index in [0.717, 1.165) is 25.0 Å². The zero-order valence-electron chi connectivity index (χ0n) is 16.0. The summed E-state index contributed by atoms with van der Waals surface area (Å²) in [5.74, 6) is -0.200. The zero-order valence-corrected chi connectivity index (χ0v) is 16.0. The van der Waals surface area contributed by atoms with Gasteiger partial charge in [-0.1, -0.05) is 12.1 Å². The Kier molecular flexibility index (Phi) is 5.48. The molecule has 30 heavy (non-hydrogen) atoms. The minimum Gasteiger partial charge on any atom is -0.338 e. The number of alkyl halides is 3. The van der Waals surface area contributed by atoms with Gasteiger partial charge in [0.05, 0.1) is 17.0 Å². The highest BCUT2D eigenvalue weighted by Crippen LogP contribution is 2.35. The molecule has 0 bridgehead atoms. The van der Waals surface area contributed by atoms with Crippen molar-refractivity contribution < 1.29 is 18.0 Å². The van der Waals surface area contributed by atoms with Gasteiger partial charge in [0, 0.05) is 54.9 Å². The maximum Gasteiger partial charge on any atom is 0.416 e. The smallest absolute Gasteiger partial charge is 0.338 e. The molecule has 0 aliphatic carbocycles. The largest absolute Gasteiger partial charge is 0.416 e. The van der Waals surface area contributed by atoms with E-state index in [1.165, 1.54) is 18.5 Å². The van der Waals surface area contributed by atoms with Crippen molar-refractivity contribution in [1.29, 1.82) is 0 Å². The van der Waals surface area contributed by atoms with Gasteiger partial charge < -0.3 is 4.90 Å². The highest BCUT2D eigenvalue weighted by molar-refractivity contribution is 5.94. The van der Waals surface area contributed by atoms with Crippen LogP contribution >= 0.6 is 0 Å². The van der Waals surface area contributed by atoms with Crippen LogP contribution in [-0.2, 0) is 6.18 Å². The predicted octanol–water partition coefficient (Wildman–Crippen LogP) is 4.58. The lowest BCUT2D eigenvalue weighted by Crippen LogP contribution is -2.39. The molecule has 3 aromatic rings. The van der Waals surface area contributed by atoms with Crippen LogP contribution in [0.4, 0.5) is 13.2 Å². The molecule has 4 rings (SSSR count). The van der Waals surface area contributed by atoms with E-state index in [0.29, 0.717) is 35.6 Å². The number of pyridine rings is 1. The number of benzene rings is 1. The highest BCUT2D eigenvalue weighted by Gasteiger charge is 2.32. The number of hydrogen-bond donors (Lipinski definition) is 0. The van der Waals surface area contributed by atoms with Crippen LogP contribution in [0.15, 0.2) is 61.2 Å². The normalized spacial score (nSPS) is 17.0. The van der Waals surface area contributed by atoms with Crippen LogP contribution in [0.3, 0.4) is 0 Å². The van der Waals surface area contributed by atoms with E-state index in [-0.39, 0.29) is 11.8 Å². The first-order valence-electron chi connectivity index (χ1n) is 9.61. The lowest BCUT2D eigenvalue weighted by Gasteiger charge is -2.33. The summed E-state index contributed by atoms with van der Waals surface area (Å²) in [6.07, 6.45) is 3.28. The Labute approximate surface area is 171 Å². The number of carbonyl (C=O) groups excluding carboxylic acids is 1.